The van der Waals surface area contributed by atoms with Crippen molar-refractivity contribution in [3.05, 3.63) is 35.9 Å². The molecule has 2 heterocycles. The Labute approximate surface area is 161 Å². The van der Waals surface area contributed by atoms with Gasteiger partial charge < -0.3 is 14.2 Å². The molecule has 0 radical (unpaired) electrons. The highest BCUT2D eigenvalue weighted by molar-refractivity contribution is 8.00. The molecule has 1 aromatic rings. The molecular weight excluding hydrogens is 372 g/mol. The molecule has 0 aliphatic carbocycles. The number of hydrogen-bond acceptors (Lipinski definition) is 8. The second-order valence-corrected chi connectivity index (χ2v) is 7.50. The number of amides is 1. The molecule has 0 aromatic heterocycles. The number of carbonyl (C=O) groups excluding carboxylic acids is 3. The van der Waals surface area contributed by atoms with Crippen LogP contribution in [0, 0.1) is 0 Å². The smallest absolute Gasteiger partial charge is 0.413 e. The summed E-state index contributed by atoms with van der Waals surface area (Å²) in [6.07, 6.45) is 0.465. The fraction of sp³-hybridized carbons (Fsp3) is 0.500. The van der Waals surface area contributed by atoms with Gasteiger partial charge in [-0.1, -0.05) is 30.3 Å². The first-order chi connectivity index (χ1) is 13.1. The molecule has 2 aliphatic heterocycles. The van der Waals surface area contributed by atoms with Gasteiger partial charge in [-0.15, -0.1) is 11.8 Å². The molecule has 0 saturated carbocycles. The number of esters is 2. The van der Waals surface area contributed by atoms with Crippen LogP contribution in [-0.2, 0) is 30.4 Å². The number of rotatable bonds is 6. The zero-order valence-electron chi connectivity index (χ0n) is 15.0. The van der Waals surface area contributed by atoms with Gasteiger partial charge in [0.25, 0.3) is 0 Å². The minimum atomic E-state index is -0.673. The van der Waals surface area contributed by atoms with Crippen molar-refractivity contribution in [2.24, 2.45) is 0 Å². The summed E-state index contributed by atoms with van der Waals surface area (Å²) in [5.41, 5.74) is 0.870. The van der Waals surface area contributed by atoms with Crippen molar-refractivity contribution in [3.63, 3.8) is 0 Å². The van der Waals surface area contributed by atoms with Gasteiger partial charge in [0.1, 0.15) is 18.7 Å². The number of benzene rings is 1. The van der Waals surface area contributed by atoms with E-state index in [1.165, 1.54) is 12.0 Å². The van der Waals surface area contributed by atoms with Crippen LogP contribution in [0.3, 0.4) is 0 Å². The van der Waals surface area contributed by atoms with Gasteiger partial charge in [-0.2, -0.15) is 0 Å². The standard InChI is InChI=1S/C18H22N2O6S/c1-24-16(21)13-10-27-15(19-13)8-7-14-17(22)26-11-20(14)18(23)25-9-12-5-3-2-4-6-12/h2-6,13-15,19H,7-11H2,1H3/t13-,14-,15?/m0/s1. The lowest BCUT2D eigenvalue weighted by Crippen LogP contribution is -2.40. The minimum Gasteiger partial charge on any atom is -0.468 e. The molecule has 3 atom stereocenters. The van der Waals surface area contributed by atoms with Crippen LogP contribution >= 0.6 is 11.8 Å². The number of methoxy groups -OCH3 is 1. The van der Waals surface area contributed by atoms with Crippen LogP contribution < -0.4 is 5.32 Å². The van der Waals surface area contributed by atoms with Crippen LogP contribution in [0.25, 0.3) is 0 Å². The number of thioether (sulfide) groups is 1. The molecule has 8 nitrogen and oxygen atoms in total. The Morgan fingerprint density at radius 2 is 2.07 bits per heavy atom. The number of nitrogens with one attached hydrogen (secondary N) is 1. The molecule has 0 bridgehead atoms. The van der Waals surface area contributed by atoms with E-state index in [4.69, 9.17) is 14.2 Å². The predicted molar refractivity (Wildman–Crippen MR) is 97.6 cm³/mol. The summed E-state index contributed by atoms with van der Waals surface area (Å²) < 4.78 is 15.1. The van der Waals surface area contributed by atoms with Crippen molar-refractivity contribution in [1.29, 1.82) is 0 Å². The first-order valence-electron chi connectivity index (χ1n) is 8.68. The van der Waals surface area contributed by atoms with Crippen LogP contribution in [0.4, 0.5) is 4.79 Å². The maximum absolute atomic E-state index is 12.3. The zero-order valence-corrected chi connectivity index (χ0v) is 15.8. The van der Waals surface area contributed by atoms with E-state index in [1.807, 2.05) is 30.3 Å². The topological polar surface area (TPSA) is 94.2 Å². The Morgan fingerprint density at radius 3 is 2.81 bits per heavy atom. The third-order valence-corrected chi connectivity index (χ3v) is 5.77. The average Bonchev–Trinajstić information content (AvgIpc) is 3.31. The SMILES string of the molecule is COC(=O)[C@@H]1CSC(CC[C@H]2C(=O)OCN2C(=O)OCc2ccccc2)N1. The quantitative estimate of drug-likeness (QED) is 0.573. The van der Waals surface area contributed by atoms with Crippen molar-refractivity contribution in [2.45, 2.75) is 36.9 Å². The third kappa shape index (κ3) is 4.92. The molecule has 1 unspecified atom stereocenters. The van der Waals surface area contributed by atoms with Gasteiger partial charge in [0.15, 0.2) is 6.73 Å². The van der Waals surface area contributed by atoms with Crippen molar-refractivity contribution in [1.82, 2.24) is 10.2 Å². The lowest BCUT2D eigenvalue weighted by molar-refractivity contribution is -0.142. The van der Waals surface area contributed by atoms with E-state index in [-0.39, 0.29) is 30.7 Å². The fourth-order valence-corrected chi connectivity index (χ4v) is 4.21. The molecule has 1 N–H and O–H groups in total. The second kappa shape index (κ2) is 9.09. The average molecular weight is 394 g/mol. The van der Waals surface area contributed by atoms with E-state index >= 15 is 0 Å². The van der Waals surface area contributed by atoms with Crippen molar-refractivity contribution < 1.29 is 28.6 Å². The van der Waals surface area contributed by atoms with E-state index < -0.39 is 18.1 Å². The highest BCUT2D eigenvalue weighted by atomic mass is 32.2. The Morgan fingerprint density at radius 1 is 1.30 bits per heavy atom. The highest BCUT2D eigenvalue weighted by Crippen LogP contribution is 2.26. The Kier molecular flexibility index (Phi) is 6.57. The molecule has 2 saturated heterocycles. The number of hydrogen-bond donors (Lipinski definition) is 1. The van der Waals surface area contributed by atoms with Gasteiger partial charge in [0.05, 0.1) is 12.5 Å². The molecule has 3 rings (SSSR count). The summed E-state index contributed by atoms with van der Waals surface area (Å²) in [6.45, 7) is 0.0328. The van der Waals surface area contributed by atoms with Crippen LogP contribution in [-0.4, -0.2) is 60.0 Å². The second-order valence-electron chi connectivity index (χ2n) is 6.26. The van der Waals surface area contributed by atoms with Gasteiger partial charge in [0.2, 0.25) is 0 Å². The number of cyclic esters (lactones) is 1. The number of nitrogens with zero attached hydrogens (tertiary/aromatic N) is 1. The Balaban J connectivity index is 1.49. The number of carbonyl (C=O) groups is 3. The summed E-state index contributed by atoms with van der Waals surface area (Å²) in [7, 11) is 1.36. The maximum Gasteiger partial charge on any atom is 0.413 e. The van der Waals surface area contributed by atoms with E-state index in [9.17, 15) is 14.4 Å². The zero-order chi connectivity index (χ0) is 19.2. The van der Waals surface area contributed by atoms with E-state index in [0.29, 0.717) is 18.6 Å². The molecule has 146 valence electrons. The lowest BCUT2D eigenvalue weighted by Gasteiger charge is -2.21. The Hall–Kier alpha value is -2.26. The monoisotopic (exact) mass is 394 g/mol. The first-order valence-corrected chi connectivity index (χ1v) is 9.73. The van der Waals surface area contributed by atoms with E-state index in [1.54, 1.807) is 11.8 Å². The minimum absolute atomic E-state index is 0.0182. The fourth-order valence-electron chi connectivity index (χ4n) is 2.99. The third-order valence-electron chi connectivity index (χ3n) is 4.47. The molecule has 0 spiro atoms. The summed E-state index contributed by atoms with van der Waals surface area (Å²) in [4.78, 5) is 37.2. The van der Waals surface area contributed by atoms with E-state index in [0.717, 1.165) is 5.56 Å². The summed E-state index contributed by atoms with van der Waals surface area (Å²) in [5, 5.41) is 3.19. The van der Waals surface area contributed by atoms with Crippen LogP contribution in [0.15, 0.2) is 30.3 Å². The predicted octanol–water partition coefficient (Wildman–Crippen LogP) is 1.49. The molecule has 27 heavy (non-hydrogen) atoms. The largest absolute Gasteiger partial charge is 0.468 e. The molecule has 1 aromatic carbocycles. The van der Waals surface area contributed by atoms with Crippen LogP contribution in [0.5, 0.6) is 0 Å². The van der Waals surface area contributed by atoms with Crippen LogP contribution in [0.1, 0.15) is 18.4 Å². The summed E-state index contributed by atoms with van der Waals surface area (Å²) >= 11 is 1.60. The highest BCUT2D eigenvalue weighted by Gasteiger charge is 2.40. The van der Waals surface area contributed by atoms with Crippen molar-refractivity contribution in [2.75, 3.05) is 19.6 Å². The van der Waals surface area contributed by atoms with E-state index in [2.05, 4.69) is 5.32 Å². The molecular formula is C18H22N2O6S. The van der Waals surface area contributed by atoms with Crippen molar-refractivity contribution in [3.8, 4) is 0 Å². The summed E-state index contributed by atoms with van der Waals surface area (Å²) in [5.74, 6) is -0.106. The number of ether oxygens (including phenoxy) is 3. The molecule has 1 amide bonds. The first kappa shape index (κ1) is 19.5. The lowest BCUT2D eigenvalue weighted by atomic mass is 10.1. The van der Waals surface area contributed by atoms with Crippen molar-refractivity contribution >= 4 is 29.8 Å². The van der Waals surface area contributed by atoms with Gasteiger partial charge in [-0.05, 0) is 18.4 Å². The normalized spacial score (nSPS) is 24.6. The molecule has 2 fully saturated rings. The molecule has 2 aliphatic rings. The van der Waals surface area contributed by atoms with Gasteiger partial charge in [-0.25, -0.2) is 9.59 Å². The summed E-state index contributed by atoms with van der Waals surface area (Å²) in [6, 6.07) is 8.31. The van der Waals surface area contributed by atoms with Crippen LogP contribution in [0.2, 0.25) is 0 Å². The van der Waals surface area contributed by atoms with Gasteiger partial charge >= 0.3 is 18.0 Å². The Bertz CT molecular complexity index is 686. The van der Waals surface area contributed by atoms with Gasteiger partial charge in [0, 0.05) is 5.75 Å². The van der Waals surface area contributed by atoms with Gasteiger partial charge in [-0.3, -0.25) is 15.0 Å². The molecule has 9 heteroatoms. The maximum atomic E-state index is 12.3.